The molecule has 1 saturated carbocycles. The molecule has 0 saturated heterocycles. The number of benzene rings is 2. The Morgan fingerprint density at radius 2 is 1.38 bits per heavy atom. The molecule has 0 aliphatic heterocycles. The first-order valence-corrected chi connectivity index (χ1v) is 11.4. The maximum absolute atomic E-state index is 14.8. The molecule has 2 aromatic carbocycles. The normalized spacial score (nSPS) is 17.9. The predicted molar refractivity (Wildman–Crippen MR) is 122 cm³/mol. The van der Waals surface area contributed by atoms with Crippen LogP contribution in [0.15, 0.2) is 29.3 Å². The lowest BCUT2D eigenvalue weighted by atomic mass is 9.76. The number of hydrogen-bond donors (Lipinski definition) is 0. The summed E-state index contributed by atoms with van der Waals surface area (Å²) in [5, 5.41) is 1.91. The third-order valence-electron chi connectivity index (χ3n) is 6.08. The van der Waals surface area contributed by atoms with Crippen molar-refractivity contribution in [2.75, 3.05) is 0 Å². The van der Waals surface area contributed by atoms with Crippen molar-refractivity contribution < 1.29 is 17.6 Å². The van der Waals surface area contributed by atoms with Gasteiger partial charge >= 0.3 is 0 Å². The molecule has 1 nitrogen and oxygen atoms in total. The molecule has 6 heteroatoms. The Morgan fingerprint density at radius 3 is 1.88 bits per heavy atom. The van der Waals surface area contributed by atoms with E-state index in [9.17, 15) is 17.6 Å². The number of aliphatic imine (C=N–C) groups is 1. The third-order valence-corrected chi connectivity index (χ3v) is 6.17. The van der Waals surface area contributed by atoms with Crippen molar-refractivity contribution in [2.24, 2.45) is 10.9 Å². The molecule has 168 valence electrons. The third kappa shape index (κ3) is 6.06. The van der Waals surface area contributed by atoms with Gasteiger partial charge in [-0.3, -0.25) is 0 Å². The standard InChI is InChI=1S/C26H25F4NS/c1-2-3-4-5-17-8-10-20(11-9-17)25-21(27)12-18(13-22(25)28)6-7-19-14-23(29)26(31-16-32)24(30)15-19/h12-15,17,20H,2-5,8-11H2,1H3. The number of rotatable bonds is 6. The van der Waals surface area contributed by atoms with Crippen molar-refractivity contribution in [3.05, 3.63) is 64.2 Å². The van der Waals surface area contributed by atoms with Crippen LogP contribution in [0, 0.1) is 41.0 Å². The van der Waals surface area contributed by atoms with Crippen molar-refractivity contribution in [1.82, 2.24) is 0 Å². The van der Waals surface area contributed by atoms with Crippen molar-refractivity contribution in [1.29, 1.82) is 0 Å². The quantitative estimate of drug-likeness (QED) is 0.139. The van der Waals surface area contributed by atoms with Crippen molar-refractivity contribution in [3.63, 3.8) is 0 Å². The van der Waals surface area contributed by atoms with Gasteiger partial charge in [-0.15, -0.1) is 0 Å². The maximum atomic E-state index is 14.8. The number of nitrogens with zero attached hydrogens (tertiary/aromatic N) is 1. The van der Waals surface area contributed by atoms with Crippen LogP contribution in [0.2, 0.25) is 0 Å². The second-order valence-corrected chi connectivity index (χ2v) is 8.49. The van der Waals surface area contributed by atoms with E-state index in [1.165, 1.54) is 37.8 Å². The molecule has 2 aromatic rings. The molecule has 32 heavy (non-hydrogen) atoms. The molecule has 0 atom stereocenters. The Labute approximate surface area is 192 Å². The summed E-state index contributed by atoms with van der Waals surface area (Å²) in [5.74, 6) is 2.53. The van der Waals surface area contributed by atoms with Crippen LogP contribution in [0.3, 0.4) is 0 Å². The van der Waals surface area contributed by atoms with Crippen molar-refractivity contribution in [2.45, 2.75) is 64.2 Å². The molecule has 0 amide bonds. The maximum Gasteiger partial charge on any atom is 0.153 e. The van der Waals surface area contributed by atoms with Gasteiger partial charge in [0.2, 0.25) is 0 Å². The molecule has 1 aliphatic rings. The Hall–Kier alpha value is -2.48. The zero-order valence-electron chi connectivity index (χ0n) is 18.0. The zero-order valence-corrected chi connectivity index (χ0v) is 18.8. The van der Waals surface area contributed by atoms with Gasteiger partial charge in [0.05, 0.1) is 5.16 Å². The van der Waals surface area contributed by atoms with E-state index >= 15 is 0 Å². The zero-order chi connectivity index (χ0) is 23.1. The molecular formula is C26H25F4NS. The van der Waals surface area contributed by atoms with Crippen molar-refractivity contribution in [3.8, 4) is 11.8 Å². The first-order valence-electron chi connectivity index (χ1n) is 11.0. The Kier molecular flexibility index (Phi) is 8.61. The summed E-state index contributed by atoms with van der Waals surface area (Å²) in [5.41, 5.74) is -0.289. The van der Waals surface area contributed by atoms with Gasteiger partial charge in [-0.05, 0) is 74.0 Å². The number of thiocarbonyl (C=S) groups is 1. The largest absolute Gasteiger partial charge is 0.207 e. The average molecular weight is 460 g/mol. The molecular weight excluding hydrogens is 434 g/mol. The number of hydrogen-bond acceptors (Lipinski definition) is 2. The number of isothiocyanates is 1. The minimum Gasteiger partial charge on any atom is -0.207 e. The predicted octanol–water partition coefficient (Wildman–Crippen LogP) is 8.23. The summed E-state index contributed by atoms with van der Waals surface area (Å²) in [6, 6.07) is 4.36. The van der Waals surface area contributed by atoms with Gasteiger partial charge < -0.3 is 0 Å². The van der Waals surface area contributed by atoms with Crippen LogP contribution < -0.4 is 0 Å². The molecule has 0 aromatic heterocycles. The van der Waals surface area contributed by atoms with Crippen LogP contribution in [0.1, 0.15) is 80.9 Å². The first kappa shape index (κ1) is 24.2. The lowest BCUT2D eigenvalue weighted by molar-refractivity contribution is 0.295. The molecule has 0 heterocycles. The summed E-state index contributed by atoms with van der Waals surface area (Å²) in [4.78, 5) is 3.33. The summed E-state index contributed by atoms with van der Waals surface area (Å²) >= 11 is 4.36. The van der Waals surface area contributed by atoms with Gasteiger partial charge in [-0.25, -0.2) is 17.6 Å². The first-order chi connectivity index (χ1) is 15.4. The van der Waals surface area contributed by atoms with Crippen LogP contribution in [0.5, 0.6) is 0 Å². The monoisotopic (exact) mass is 459 g/mol. The average Bonchev–Trinajstić information content (AvgIpc) is 2.75. The van der Waals surface area contributed by atoms with Gasteiger partial charge in [0.1, 0.15) is 17.3 Å². The van der Waals surface area contributed by atoms with E-state index in [1.54, 1.807) is 0 Å². The van der Waals surface area contributed by atoms with E-state index in [4.69, 9.17) is 0 Å². The summed E-state index contributed by atoms with van der Waals surface area (Å²) in [7, 11) is 0. The molecule has 0 bridgehead atoms. The number of halogens is 4. The van der Waals surface area contributed by atoms with E-state index in [2.05, 4.69) is 36.0 Å². The van der Waals surface area contributed by atoms with E-state index in [1.807, 2.05) is 5.16 Å². The topological polar surface area (TPSA) is 12.4 Å². The summed E-state index contributed by atoms with van der Waals surface area (Å²) in [6.07, 6.45) is 8.40. The Bertz CT molecular complexity index is 1020. The van der Waals surface area contributed by atoms with E-state index in [-0.39, 0.29) is 22.6 Å². The van der Waals surface area contributed by atoms with Gasteiger partial charge in [-0.1, -0.05) is 44.4 Å². The fourth-order valence-corrected chi connectivity index (χ4v) is 4.50. The van der Waals surface area contributed by atoms with E-state index < -0.39 is 29.0 Å². The minimum absolute atomic E-state index is 0.0228. The van der Waals surface area contributed by atoms with Crippen molar-refractivity contribution >= 4 is 23.1 Å². The molecule has 0 N–H and O–H groups in total. The molecule has 0 radical (unpaired) electrons. The highest BCUT2D eigenvalue weighted by atomic mass is 32.1. The van der Waals surface area contributed by atoms with Gasteiger partial charge in [-0.2, -0.15) is 4.99 Å². The lowest BCUT2D eigenvalue weighted by Crippen LogP contribution is -2.15. The van der Waals surface area contributed by atoms with E-state index in [0.29, 0.717) is 5.92 Å². The SMILES string of the molecule is CCCCCC1CCC(c2c(F)cc(C#Cc3cc(F)c(N=C=S)c(F)c3)cc2F)CC1. The molecule has 1 fully saturated rings. The molecule has 3 rings (SSSR count). The Morgan fingerprint density at radius 1 is 0.844 bits per heavy atom. The highest BCUT2D eigenvalue weighted by molar-refractivity contribution is 7.78. The fraction of sp³-hybridized carbons (Fsp3) is 0.423. The van der Waals surface area contributed by atoms with Crippen LogP contribution in [0.4, 0.5) is 23.2 Å². The molecule has 0 unspecified atom stereocenters. The second-order valence-electron chi connectivity index (χ2n) is 8.31. The lowest BCUT2D eigenvalue weighted by Gasteiger charge is -2.29. The van der Waals surface area contributed by atoms with Gasteiger partial charge in [0.15, 0.2) is 11.6 Å². The number of unbranched alkanes of at least 4 members (excludes halogenated alkanes) is 2. The highest BCUT2D eigenvalue weighted by Crippen LogP contribution is 2.39. The Balaban J connectivity index is 1.73. The highest BCUT2D eigenvalue weighted by Gasteiger charge is 2.26. The van der Waals surface area contributed by atoms with Gasteiger partial charge in [0.25, 0.3) is 0 Å². The van der Waals surface area contributed by atoms with Crippen LogP contribution >= 0.6 is 12.2 Å². The van der Waals surface area contributed by atoms with Crippen LogP contribution in [-0.4, -0.2) is 5.16 Å². The van der Waals surface area contributed by atoms with Crippen LogP contribution in [0.25, 0.3) is 0 Å². The smallest absolute Gasteiger partial charge is 0.153 e. The second kappa shape index (κ2) is 11.4. The fourth-order valence-electron chi connectivity index (χ4n) is 4.40. The van der Waals surface area contributed by atoms with E-state index in [0.717, 1.165) is 37.8 Å². The minimum atomic E-state index is -0.940. The molecule has 1 aliphatic carbocycles. The summed E-state index contributed by atoms with van der Waals surface area (Å²) < 4.78 is 57.4. The van der Waals surface area contributed by atoms with Crippen LogP contribution in [-0.2, 0) is 0 Å². The van der Waals surface area contributed by atoms with Gasteiger partial charge in [0, 0.05) is 16.7 Å². The summed E-state index contributed by atoms with van der Waals surface area (Å²) in [6.45, 7) is 2.18. The molecule has 0 spiro atoms.